The van der Waals surface area contributed by atoms with E-state index in [0.717, 1.165) is 27.7 Å². The maximum Gasteiger partial charge on any atom is 0.211 e. The van der Waals surface area contributed by atoms with Crippen molar-refractivity contribution in [1.82, 2.24) is 0 Å². The minimum Gasteiger partial charge on any atom is -0.271 e. The minimum atomic E-state index is 0.528. The molecule has 4 aromatic rings. The maximum absolute atomic E-state index is 5.01. The van der Waals surface area contributed by atoms with E-state index in [1.54, 1.807) is 6.21 Å². The van der Waals surface area contributed by atoms with Crippen LogP contribution >= 0.6 is 23.5 Å². The van der Waals surface area contributed by atoms with Gasteiger partial charge in [-0.05, 0) is 60.0 Å². The SMILES string of the molecule is CS/C(N=C1SC(=Nc2ccccc2)C(=Nc2ccccc2)N1c1ccccc1)=N\N=C\c1ccccc1. The average molecular weight is 533 g/mol. The maximum atomic E-state index is 5.01. The van der Waals surface area contributed by atoms with Gasteiger partial charge in [0.05, 0.1) is 17.6 Å². The Kier molecular flexibility index (Phi) is 8.55. The normalized spacial score (nSPS) is 17.2. The molecule has 0 saturated carbocycles. The lowest BCUT2D eigenvalue weighted by Crippen LogP contribution is -2.31. The Balaban J connectivity index is 1.60. The molecule has 1 fully saturated rings. The van der Waals surface area contributed by atoms with E-state index in [1.165, 1.54) is 23.5 Å². The van der Waals surface area contributed by atoms with Crippen LogP contribution in [0.3, 0.4) is 0 Å². The molecule has 186 valence electrons. The number of amidine groups is 3. The van der Waals surface area contributed by atoms with Crippen LogP contribution in [0.1, 0.15) is 5.56 Å². The summed E-state index contributed by atoms with van der Waals surface area (Å²) in [6.45, 7) is 0. The molecule has 1 saturated heterocycles. The summed E-state index contributed by atoms with van der Waals surface area (Å²) < 4.78 is 0. The molecule has 6 nitrogen and oxygen atoms in total. The molecule has 0 amide bonds. The van der Waals surface area contributed by atoms with E-state index in [4.69, 9.17) is 15.0 Å². The molecule has 0 spiro atoms. The first kappa shape index (κ1) is 25.4. The quantitative estimate of drug-likeness (QED) is 0.150. The van der Waals surface area contributed by atoms with Crippen molar-refractivity contribution in [2.24, 2.45) is 25.2 Å². The van der Waals surface area contributed by atoms with E-state index in [2.05, 4.69) is 10.2 Å². The first-order chi connectivity index (χ1) is 18.8. The number of benzene rings is 4. The topological polar surface area (TPSA) is 65.0 Å². The summed E-state index contributed by atoms with van der Waals surface area (Å²) in [4.78, 5) is 16.9. The van der Waals surface area contributed by atoms with Crippen LogP contribution in [0.25, 0.3) is 0 Å². The molecule has 1 aliphatic heterocycles. The Hall–Kier alpha value is -4.27. The lowest BCUT2D eigenvalue weighted by molar-refractivity contribution is 1.25. The van der Waals surface area contributed by atoms with Crippen LogP contribution in [0.4, 0.5) is 17.1 Å². The highest BCUT2D eigenvalue weighted by Gasteiger charge is 2.35. The van der Waals surface area contributed by atoms with E-state index >= 15 is 0 Å². The van der Waals surface area contributed by atoms with Gasteiger partial charge in [-0.15, -0.1) is 5.10 Å². The van der Waals surface area contributed by atoms with E-state index in [9.17, 15) is 0 Å². The second-order valence-corrected chi connectivity index (χ2v) is 9.66. The number of anilines is 1. The lowest BCUT2D eigenvalue weighted by Gasteiger charge is -2.18. The molecule has 0 radical (unpaired) electrons. The standard InChI is InChI=1S/C30H24N6S2/c1-37-29(35-31-22-23-14-6-2-7-15-23)34-30-36(26-20-12-5-13-21-26)27(32-24-16-8-3-9-17-24)28(38-30)33-25-18-10-4-11-19-25/h2-22H,1H3/b31-22+,32-27?,33-28?,34-30?,35-29-. The highest BCUT2D eigenvalue weighted by molar-refractivity contribution is 8.29. The molecular formula is C30H24N6S2. The van der Waals surface area contributed by atoms with Crippen LogP contribution in [0, 0.1) is 0 Å². The van der Waals surface area contributed by atoms with Gasteiger partial charge in [0.15, 0.2) is 11.0 Å². The van der Waals surface area contributed by atoms with E-state index in [1.807, 2.05) is 132 Å². The molecule has 0 bridgehead atoms. The molecule has 0 aliphatic carbocycles. The molecule has 0 unspecified atom stereocenters. The zero-order valence-corrected chi connectivity index (χ0v) is 22.3. The minimum absolute atomic E-state index is 0.528. The largest absolute Gasteiger partial charge is 0.271 e. The van der Waals surface area contributed by atoms with E-state index in [0.29, 0.717) is 16.2 Å². The molecule has 8 heteroatoms. The zero-order chi connectivity index (χ0) is 26.0. The Labute approximate surface area is 230 Å². The molecule has 5 rings (SSSR count). The molecule has 0 aromatic heterocycles. The summed E-state index contributed by atoms with van der Waals surface area (Å²) in [7, 11) is 0. The molecular weight excluding hydrogens is 509 g/mol. The second kappa shape index (κ2) is 12.8. The first-order valence-corrected chi connectivity index (χ1v) is 13.9. The van der Waals surface area contributed by atoms with Gasteiger partial charge in [-0.1, -0.05) is 96.7 Å². The van der Waals surface area contributed by atoms with Gasteiger partial charge < -0.3 is 0 Å². The van der Waals surface area contributed by atoms with Gasteiger partial charge in [-0.2, -0.15) is 10.1 Å². The molecule has 4 aromatic carbocycles. The smallest absolute Gasteiger partial charge is 0.211 e. The van der Waals surface area contributed by atoms with Crippen LogP contribution in [-0.2, 0) is 0 Å². The van der Waals surface area contributed by atoms with Crippen LogP contribution < -0.4 is 4.90 Å². The lowest BCUT2D eigenvalue weighted by atomic mass is 10.2. The van der Waals surface area contributed by atoms with Crippen LogP contribution in [-0.4, -0.2) is 33.7 Å². The number of hydrogen-bond donors (Lipinski definition) is 0. The predicted octanol–water partition coefficient (Wildman–Crippen LogP) is 7.81. The highest BCUT2D eigenvalue weighted by Crippen LogP contribution is 2.33. The van der Waals surface area contributed by atoms with Crippen molar-refractivity contribution in [1.29, 1.82) is 0 Å². The number of nitrogens with zero attached hydrogens (tertiary/aromatic N) is 6. The summed E-state index contributed by atoms with van der Waals surface area (Å²) in [5, 5.41) is 10.6. The summed E-state index contributed by atoms with van der Waals surface area (Å²) in [5.41, 5.74) is 3.58. The van der Waals surface area contributed by atoms with Gasteiger partial charge in [-0.25, -0.2) is 9.98 Å². The zero-order valence-electron chi connectivity index (χ0n) is 20.6. The number of rotatable bonds is 5. The predicted molar refractivity (Wildman–Crippen MR) is 166 cm³/mol. The number of aliphatic imine (C=N–C) groups is 3. The summed E-state index contributed by atoms with van der Waals surface area (Å²) in [6.07, 6.45) is 3.66. The fourth-order valence-electron chi connectivity index (χ4n) is 3.54. The van der Waals surface area contributed by atoms with Gasteiger partial charge in [0.1, 0.15) is 5.04 Å². The third kappa shape index (κ3) is 6.53. The highest BCUT2D eigenvalue weighted by atomic mass is 32.2. The Morgan fingerprint density at radius 3 is 1.87 bits per heavy atom. The van der Waals surface area contributed by atoms with Gasteiger partial charge in [0.2, 0.25) is 5.17 Å². The Morgan fingerprint density at radius 1 is 0.711 bits per heavy atom. The van der Waals surface area contributed by atoms with Crippen molar-refractivity contribution in [3.63, 3.8) is 0 Å². The van der Waals surface area contributed by atoms with Gasteiger partial charge in [-0.3, -0.25) is 4.90 Å². The van der Waals surface area contributed by atoms with Crippen molar-refractivity contribution in [3.05, 3.63) is 127 Å². The van der Waals surface area contributed by atoms with Crippen molar-refractivity contribution >= 4 is 68.0 Å². The number of thioether (sulfide) groups is 2. The monoisotopic (exact) mass is 532 g/mol. The van der Waals surface area contributed by atoms with Crippen molar-refractivity contribution in [3.8, 4) is 0 Å². The van der Waals surface area contributed by atoms with E-state index in [-0.39, 0.29) is 0 Å². The summed E-state index contributed by atoms with van der Waals surface area (Å²) in [6, 6.07) is 39.7. The van der Waals surface area contributed by atoms with Crippen LogP contribution in [0.15, 0.2) is 147 Å². The van der Waals surface area contributed by atoms with Crippen molar-refractivity contribution < 1.29 is 0 Å². The van der Waals surface area contributed by atoms with Gasteiger partial charge in [0.25, 0.3) is 0 Å². The fraction of sp³-hybridized carbons (Fsp3) is 0.0333. The van der Waals surface area contributed by atoms with E-state index < -0.39 is 0 Å². The third-order valence-corrected chi connectivity index (χ3v) is 6.76. The van der Waals surface area contributed by atoms with Gasteiger partial charge >= 0.3 is 0 Å². The molecule has 0 N–H and O–H groups in total. The van der Waals surface area contributed by atoms with Crippen LogP contribution in [0.2, 0.25) is 0 Å². The number of para-hydroxylation sites is 3. The second-order valence-electron chi connectivity index (χ2n) is 7.93. The molecule has 38 heavy (non-hydrogen) atoms. The molecule has 0 atom stereocenters. The Bertz CT molecular complexity index is 1500. The summed E-state index contributed by atoms with van der Waals surface area (Å²) in [5.74, 6) is 0.697. The van der Waals surface area contributed by atoms with Gasteiger partial charge in [0, 0.05) is 5.69 Å². The first-order valence-electron chi connectivity index (χ1n) is 11.9. The molecule has 1 aliphatic rings. The number of hydrogen-bond acceptors (Lipinski definition) is 6. The van der Waals surface area contributed by atoms with Crippen molar-refractivity contribution in [2.45, 2.75) is 0 Å². The van der Waals surface area contributed by atoms with Crippen molar-refractivity contribution in [2.75, 3.05) is 11.2 Å². The summed E-state index contributed by atoms with van der Waals surface area (Å²) >= 11 is 2.89. The fourth-order valence-corrected chi connectivity index (χ4v) is 4.87. The molecule has 1 heterocycles. The third-order valence-electron chi connectivity index (χ3n) is 5.30. The van der Waals surface area contributed by atoms with Crippen LogP contribution in [0.5, 0.6) is 0 Å². The average Bonchev–Trinajstić information content (AvgIpc) is 3.30. The Morgan fingerprint density at radius 2 is 1.26 bits per heavy atom.